The van der Waals surface area contributed by atoms with E-state index in [-0.39, 0.29) is 5.91 Å². The summed E-state index contributed by atoms with van der Waals surface area (Å²) in [7, 11) is 0. The van der Waals surface area contributed by atoms with E-state index in [2.05, 4.69) is 20.8 Å². The summed E-state index contributed by atoms with van der Waals surface area (Å²) in [4.78, 5) is 13.3. The van der Waals surface area contributed by atoms with Crippen molar-refractivity contribution in [2.45, 2.75) is 47.5 Å². The lowest BCUT2D eigenvalue weighted by Gasteiger charge is -2.24. The summed E-state index contributed by atoms with van der Waals surface area (Å²) in [6.45, 7) is 11.1. The van der Waals surface area contributed by atoms with Crippen molar-refractivity contribution in [2.75, 3.05) is 6.54 Å². The zero-order valence-electron chi connectivity index (χ0n) is 9.98. The Balaban J connectivity index is 2.87. The van der Waals surface area contributed by atoms with Gasteiger partial charge in [0.1, 0.15) is 0 Å². The molecule has 0 aromatic rings. The Bertz CT molecular complexity index is 276. The minimum absolute atomic E-state index is 0.166. The molecule has 1 aliphatic rings. The number of amides is 1. The molecule has 0 saturated carbocycles. The molecule has 0 N–H and O–H groups in total. The third-order valence-electron chi connectivity index (χ3n) is 2.90. The zero-order chi connectivity index (χ0) is 10.9. The number of hydrogen-bond donors (Lipinski definition) is 0. The van der Waals surface area contributed by atoms with Gasteiger partial charge >= 0.3 is 0 Å². The fraction of sp³-hybridized carbons (Fsp3) is 0.750. The van der Waals surface area contributed by atoms with Crippen molar-refractivity contribution < 1.29 is 4.79 Å². The molecule has 2 nitrogen and oxygen atoms in total. The van der Waals surface area contributed by atoms with Gasteiger partial charge in [0.15, 0.2) is 0 Å². The smallest absolute Gasteiger partial charge is 0.223 e. The van der Waals surface area contributed by atoms with E-state index in [4.69, 9.17) is 0 Å². The predicted molar refractivity (Wildman–Crippen MR) is 58.8 cm³/mol. The summed E-state index contributed by atoms with van der Waals surface area (Å²) in [5, 5.41) is 0. The van der Waals surface area contributed by atoms with Crippen LogP contribution in [0, 0.1) is 5.41 Å². The molecule has 0 bridgehead atoms. The second kappa shape index (κ2) is 3.76. The van der Waals surface area contributed by atoms with Crippen molar-refractivity contribution in [3.05, 3.63) is 11.3 Å². The molecule has 0 aromatic carbocycles. The van der Waals surface area contributed by atoms with E-state index in [1.165, 1.54) is 11.3 Å². The van der Waals surface area contributed by atoms with E-state index in [1.54, 1.807) is 6.92 Å². The van der Waals surface area contributed by atoms with Crippen LogP contribution in [0.15, 0.2) is 11.3 Å². The first-order valence-electron chi connectivity index (χ1n) is 5.34. The standard InChI is InChI=1S/C12H21NO/c1-6-13(10(3)14)11-8-12(4,5)7-9(11)2/h6-8H2,1-5H3. The molecule has 1 rings (SSSR count). The Labute approximate surface area is 87.0 Å². The van der Waals surface area contributed by atoms with Gasteiger partial charge in [-0.25, -0.2) is 0 Å². The molecular weight excluding hydrogens is 174 g/mol. The van der Waals surface area contributed by atoms with Crippen LogP contribution < -0.4 is 0 Å². The van der Waals surface area contributed by atoms with E-state index in [9.17, 15) is 4.79 Å². The summed E-state index contributed by atoms with van der Waals surface area (Å²) in [5.41, 5.74) is 2.97. The van der Waals surface area contributed by atoms with Crippen LogP contribution in [0.5, 0.6) is 0 Å². The number of carbonyl (C=O) groups excluding carboxylic acids is 1. The van der Waals surface area contributed by atoms with Crippen LogP contribution in [0.4, 0.5) is 0 Å². The van der Waals surface area contributed by atoms with E-state index >= 15 is 0 Å². The second-order valence-electron chi connectivity index (χ2n) is 5.01. The van der Waals surface area contributed by atoms with Gasteiger partial charge in [0, 0.05) is 19.2 Å². The lowest BCUT2D eigenvalue weighted by molar-refractivity contribution is -0.126. The molecule has 0 heterocycles. The van der Waals surface area contributed by atoms with Gasteiger partial charge in [-0.1, -0.05) is 19.4 Å². The average molecular weight is 195 g/mol. The lowest BCUT2D eigenvalue weighted by Crippen LogP contribution is -2.28. The summed E-state index contributed by atoms with van der Waals surface area (Å²) >= 11 is 0. The maximum atomic E-state index is 11.4. The van der Waals surface area contributed by atoms with Gasteiger partial charge < -0.3 is 4.90 Å². The minimum Gasteiger partial charge on any atom is -0.317 e. The SMILES string of the molecule is CCN(C(C)=O)C1=C(C)CC(C)(C)C1. The molecule has 80 valence electrons. The molecule has 0 atom stereocenters. The third kappa shape index (κ3) is 2.17. The van der Waals surface area contributed by atoms with Crippen LogP contribution >= 0.6 is 0 Å². The quantitative estimate of drug-likeness (QED) is 0.663. The fourth-order valence-electron chi connectivity index (χ4n) is 2.42. The van der Waals surface area contributed by atoms with Crippen LogP contribution in [-0.4, -0.2) is 17.4 Å². The summed E-state index contributed by atoms with van der Waals surface area (Å²) in [6, 6.07) is 0. The van der Waals surface area contributed by atoms with Gasteiger partial charge in [-0.15, -0.1) is 0 Å². The largest absolute Gasteiger partial charge is 0.317 e. The van der Waals surface area contributed by atoms with Gasteiger partial charge in [-0.05, 0) is 32.1 Å². The molecule has 0 radical (unpaired) electrons. The molecular formula is C12H21NO. The lowest BCUT2D eigenvalue weighted by atomic mass is 9.89. The van der Waals surface area contributed by atoms with Crippen LogP contribution in [0.1, 0.15) is 47.5 Å². The first-order chi connectivity index (χ1) is 6.37. The van der Waals surface area contributed by atoms with E-state index in [0.717, 1.165) is 19.4 Å². The first kappa shape index (κ1) is 11.3. The fourth-order valence-corrected chi connectivity index (χ4v) is 2.42. The summed E-state index contributed by atoms with van der Waals surface area (Å²) in [6.07, 6.45) is 2.15. The molecule has 0 aromatic heterocycles. The second-order valence-corrected chi connectivity index (χ2v) is 5.01. The third-order valence-corrected chi connectivity index (χ3v) is 2.90. The van der Waals surface area contributed by atoms with Crippen molar-refractivity contribution >= 4 is 5.91 Å². The highest BCUT2D eigenvalue weighted by molar-refractivity contribution is 5.75. The predicted octanol–water partition coefficient (Wildman–Crippen LogP) is 2.95. The van der Waals surface area contributed by atoms with Crippen molar-refractivity contribution in [3.8, 4) is 0 Å². The minimum atomic E-state index is 0.166. The summed E-state index contributed by atoms with van der Waals surface area (Å²) < 4.78 is 0. The van der Waals surface area contributed by atoms with E-state index in [0.29, 0.717) is 5.41 Å². The van der Waals surface area contributed by atoms with Crippen LogP contribution in [-0.2, 0) is 4.79 Å². The van der Waals surface area contributed by atoms with Crippen molar-refractivity contribution in [2.24, 2.45) is 5.41 Å². The molecule has 1 amide bonds. The number of rotatable bonds is 2. The molecule has 2 heteroatoms. The van der Waals surface area contributed by atoms with Gasteiger partial charge in [0.2, 0.25) is 5.91 Å². The number of hydrogen-bond acceptors (Lipinski definition) is 1. The van der Waals surface area contributed by atoms with Crippen LogP contribution in [0.2, 0.25) is 0 Å². The molecule has 0 aliphatic heterocycles. The Kier molecular flexibility index (Phi) is 3.03. The average Bonchev–Trinajstić information content (AvgIpc) is 2.26. The van der Waals surface area contributed by atoms with Gasteiger partial charge in [-0.3, -0.25) is 4.79 Å². The first-order valence-corrected chi connectivity index (χ1v) is 5.34. The number of nitrogens with zero attached hydrogens (tertiary/aromatic N) is 1. The highest BCUT2D eigenvalue weighted by Gasteiger charge is 2.31. The Morgan fingerprint density at radius 2 is 2.00 bits per heavy atom. The van der Waals surface area contributed by atoms with Crippen LogP contribution in [0.3, 0.4) is 0 Å². The molecule has 0 unspecified atom stereocenters. The highest BCUT2D eigenvalue weighted by atomic mass is 16.2. The van der Waals surface area contributed by atoms with Gasteiger partial charge in [-0.2, -0.15) is 0 Å². The Morgan fingerprint density at radius 3 is 2.29 bits per heavy atom. The summed E-state index contributed by atoms with van der Waals surface area (Å²) in [5.74, 6) is 0.166. The van der Waals surface area contributed by atoms with Gasteiger partial charge in [0.25, 0.3) is 0 Å². The molecule has 0 saturated heterocycles. The van der Waals surface area contributed by atoms with Gasteiger partial charge in [0.05, 0.1) is 0 Å². The molecule has 0 fully saturated rings. The van der Waals surface area contributed by atoms with Crippen molar-refractivity contribution in [1.29, 1.82) is 0 Å². The number of allylic oxidation sites excluding steroid dienone is 2. The molecule has 1 aliphatic carbocycles. The number of carbonyl (C=O) groups is 1. The molecule has 0 spiro atoms. The zero-order valence-corrected chi connectivity index (χ0v) is 9.98. The highest BCUT2D eigenvalue weighted by Crippen LogP contribution is 2.42. The van der Waals surface area contributed by atoms with E-state index in [1.807, 2.05) is 11.8 Å². The monoisotopic (exact) mass is 195 g/mol. The van der Waals surface area contributed by atoms with Crippen LogP contribution in [0.25, 0.3) is 0 Å². The Hall–Kier alpha value is -0.790. The maximum absolute atomic E-state index is 11.4. The van der Waals surface area contributed by atoms with E-state index < -0.39 is 0 Å². The molecule has 14 heavy (non-hydrogen) atoms. The normalized spacial score (nSPS) is 20.1. The maximum Gasteiger partial charge on any atom is 0.223 e. The topological polar surface area (TPSA) is 20.3 Å². The van der Waals surface area contributed by atoms with Crippen molar-refractivity contribution in [3.63, 3.8) is 0 Å². The Morgan fingerprint density at radius 1 is 1.43 bits per heavy atom. The van der Waals surface area contributed by atoms with Crippen molar-refractivity contribution in [1.82, 2.24) is 4.90 Å².